The highest BCUT2D eigenvalue weighted by atomic mass is 35.5. The molecule has 3 aromatic carbocycles. The maximum Gasteiger partial charge on any atom is 0.123 e. The highest BCUT2D eigenvalue weighted by molar-refractivity contribution is 6.30. The highest BCUT2D eigenvalue weighted by Gasteiger charge is 2.14. The van der Waals surface area contributed by atoms with Gasteiger partial charge in [-0.05, 0) is 29.3 Å². The molecule has 0 saturated carbocycles. The lowest BCUT2D eigenvalue weighted by atomic mass is 9.98. The van der Waals surface area contributed by atoms with E-state index in [1.54, 1.807) is 7.11 Å². The molecular weight excluding hydrogens is 318 g/mol. The highest BCUT2D eigenvalue weighted by Crippen LogP contribution is 2.25. The van der Waals surface area contributed by atoms with Gasteiger partial charge in [-0.25, -0.2) is 0 Å². The third-order valence-corrected chi connectivity index (χ3v) is 4.28. The molecule has 0 radical (unpaired) electrons. The number of rotatable bonds is 6. The van der Waals surface area contributed by atoms with E-state index in [0.29, 0.717) is 6.54 Å². The van der Waals surface area contributed by atoms with Gasteiger partial charge in [0, 0.05) is 17.1 Å². The lowest BCUT2D eigenvalue weighted by molar-refractivity contribution is 0.406. The summed E-state index contributed by atoms with van der Waals surface area (Å²) >= 11 is 6.04. The molecule has 1 N–H and O–H groups in total. The second kappa shape index (κ2) is 8.00. The summed E-state index contributed by atoms with van der Waals surface area (Å²) in [5, 5.41) is 4.39. The molecule has 0 amide bonds. The van der Waals surface area contributed by atoms with Crippen molar-refractivity contribution in [1.82, 2.24) is 5.32 Å². The summed E-state index contributed by atoms with van der Waals surface area (Å²) in [6.07, 6.45) is 0. The van der Waals surface area contributed by atoms with Gasteiger partial charge in [0.1, 0.15) is 5.75 Å². The Labute approximate surface area is 148 Å². The number of para-hydroxylation sites is 1. The van der Waals surface area contributed by atoms with Gasteiger partial charge in [-0.2, -0.15) is 0 Å². The van der Waals surface area contributed by atoms with Crippen LogP contribution < -0.4 is 10.1 Å². The monoisotopic (exact) mass is 337 g/mol. The van der Waals surface area contributed by atoms with Crippen LogP contribution in [0.15, 0.2) is 78.9 Å². The average Bonchev–Trinajstić information content (AvgIpc) is 2.64. The van der Waals surface area contributed by atoms with Crippen molar-refractivity contribution in [2.24, 2.45) is 0 Å². The van der Waals surface area contributed by atoms with Crippen LogP contribution >= 0.6 is 11.6 Å². The van der Waals surface area contributed by atoms with E-state index >= 15 is 0 Å². The van der Waals surface area contributed by atoms with E-state index < -0.39 is 0 Å². The van der Waals surface area contributed by atoms with E-state index in [1.807, 2.05) is 36.4 Å². The number of ether oxygens (including phenoxy) is 1. The predicted molar refractivity (Wildman–Crippen MR) is 99.6 cm³/mol. The van der Waals surface area contributed by atoms with Gasteiger partial charge in [0.25, 0.3) is 0 Å². The lowest BCUT2D eigenvalue weighted by Crippen LogP contribution is -2.22. The molecule has 0 aliphatic carbocycles. The quantitative estimate of drug-likeness (QED) is 0.665. The van der Waals surface area contributed by atoms with E-state index in [1.165, 1.54) is 11.1 Å². The van der Waals surface area contributed by atoms with Crippen molar-refractivity contribution < 1.29 is 4.74 Å². The zero-order valence-electron chi connectivity index (χ0n) is 13.6. The Morgan fingerprint density at radius 2 is 1.46 bits per heavy atom. The normalized spacial score (nSPS) is 11.9. The fraction of sp³-hybridized carbons (Fsp3) is 0.143. The van der Waals surface area contributed by atoms with Gasteiger partial charge >= 0.3 is 0 Å². The Kier molecular flexibility index (Phi) is 5.52. The molecule has 0 aliphatic heterocycles. The van der Waals surface area contributed by atoms with Gasteiger partial charge in [-0.15, -0.1) is 0 Å². The smallest absolute Gasteiger partial charge is 0.123 e. The summed E-state index contributed by atoms with van der Waals surface area (Å²) in [5.41, 5.74) is 3.53. The minimum Gasteiger partial charge on any atom is -0.496 e. The van der Waals surface area contributed by atoms with Crippen LogP contribution in [0.1, 0.15) is 22.7 Å². The number of halogens is 1. The molecule has 24 heavy (non-hydrogen) atoms. The largest absolute Gasteiger partial charge is 0.496 e. The topological polar surface area (TPSA) is 21.3 Å². The average molecular weight is 338 g/mol. The van der Waals surface area contributed by atoms with Crippen molar-refractivity contribution in [3.05, 3.63) is 101 Å². The molecule has 3 rings (SSSR count). The molecule has 0 unspecified atom stereocenters. The molecule has 1 atom stereocenters. The van der Waals surface area contributed by atoms with Gasteiger partial charge in [-0.3, -0.25) is 0 Å². The summed E-state index contributed by atoms with van der Waals surface area (Å²) in [7, 11) is 1.70. The predicted octanol–water partition coefficient (Wildman–Crippen LogP) is 5.23. The van der Waals surface area contributed by atoms with Crippen molar-refractivity contribution in [1.29, 1.82) is 0 Å². The SMILES string of the molecule is COc1ccccc1CN[C@@H](c1ccccc1)c1ccc(Cl)cc1. The van der Waals surface area contributed by atoms with Gasteiger partial charge < -0.3 is 10.1 Å². The summed E-state index contributed by atoms with van der Waals surface area (Å²) in [5.74, 6) is 0.896. The van der Waals surface area contributed by atoms with Crippen LogP contribution in [0.5, 0.6) is 5.75 Å². The van der Waals surface area contributed by atoms with Crippen molar-refractivity contribution in [2.75, 3.05) is 7.11 Å². The fourth-order valence-corrected chi connectivity index (χ4v) is 2.92. The second-order valence-electron chi connectivity index (χ2n) is 5.59. The molecule has 0 aliphatic rings. The van der Waals surface area contributed by atoms with Crippen LogP contribution in [-0.2, 0) is 6.54 Å². The first-order valence-electron chi connectivity index (χ1n) is 7.93. The van der Waals surface area contributed by atoms with E-state index in [2.05, 4.69) is 47.8 Å². The number of nitrogens with one attached hydrogen (secondary N) is 1. The van der Waals surface area contributed by atoms with E-state index in [4.69, 9.17) is 16.3 Å². The Morgan fingerprint density at radius 3 is 2.17 bits per heavy atom. The van der Waals surface area contributed by atoms with Crippen molar-refractivity contribution in [2.45, 2.75) is 12.6 Å². The van der Waals surface area contributed by atoms with Gasteiger partial charge in [0.05, 0.1) is 13.2 Å². The Morgan fingerprint density at radius 1 is 0.833 bits per heavy atom. The number of hydrogen-bond acceptors (Lipinski definition) is 2. The van der Waals surface area contributed by atoms with E-state index in [0.717, 1.165) is 16.3 Å². The lowest BCUT2D eigenvalue weighted by Gasteiger charge is -2.21. The number of benzene rings is 3. The molecule has 0 aromatic heterocycles. The third-order valence-electron chi connectivity index (χ3n) is 4.03. The minimum atomic E-state index is 0.0911. The van der Waals surface area contributed by atoms with Crippen LogP contribution in [0.3, 0.4) is 0 Å². The van der Waals surface area contributed by atoms with Crippen LogP contribution in [0.25, 0.3) is 0 Å². The van der Waals surface area contributed by atoms with Gasteiger partial charge in [0.15, 0.2) is 0 Å². The number of methoxy groups -OCH3 is 1. The Balaban J connectivity index is 1.86. The maximum atomic E-state index is 6.04. The van der Waals surface area contributed by atoms with Gasteiger partial charge in [-0.1, -0.05) is 72.3 Å². The zero-order chi connectivity index (χ0) is 16.8. The van der Waals surface area contributed by atoms with E-state index in [9.17, 15) is 0 Å². The molecule has 0 bridgehead atoms. The molecule has 0 saturated heterocycles. The van der Waals surface area contributed by atoms with Crippen molar-refractivity contribution >= 4 is 11.6 Å². The maximum absolute atomic E-state index is 6.04. The molecule has 3 aromatic rings. The Bertz CT molecular complexity index is 771. The second-order valence-corrected chi connectivity index (χ2v) is 6.02. The summed E-state index contributed by atoms with van der Waals surface area (Å²) < 4.78 is 5.45. The van der Waals surface area contributed by atoms with Crippen LogP contribution in [0.2, 0.25) is 5.02 Å². The third kappa shape index (κ3) is 3.97. The first-order valence-corrected chi connectivity index (χ1v) is 8.31. The van der Waals surface area contributed by atoms with Gasteiger partial charge in [0.2, 0.25) is 0 Å². The van der Waals surface area contributed by atoms with Crippen LogP contribution in [-0.4, -0.2) is 7.11 Å². The van der Waals surface area contributed by atoms with E-state index in [-0.39, 0.29) is 6.04 Å². The zero-order valence-corrected chi connectivity index (χ0v) is 14.3. The molecule has 3 heteroatoms. The molecule has 122 valence electrons. The Hall–Kier alpha value is -2.29. The summed E-state index contributed by atoms with van der Waals surface area (Å²) in [6, 6.07) is 26.6. The number of hydrogen-bond donors (Lipinski definition) is 1. The molecule has 0 spiro atoms. The first kappa shape index (κ1) is 16.6. The molecule has 2 nitrogen and oxygen atoms in total. The fourth-order valence-electron chi connectivity index (χ4n) is 2.79. The molecular formula is C21H20ClNO. The van der Waals surface area contributed by atoms with Crippen molar-refractivity contribution in [3.8, 4) is 5.75 Å². The first-order chi connectivity index (χ1) is 11.8. The van der Waals surface area contributed by atoms with Crippen LogP contribution in [0.4, 0.5) is 0 Å². The van der Waals surface area contributed by atoms with Crippen LogP contribution in [0, 0.1) is 0 Å². The van der Waals surface area contributed by atoms with Crippen molar-refractivity contribution in [3.63, 3.8) is 0 Å². The standard InChI is InChI=1S/C21H20ClNO/c1-24-20-10-6-5-9-18(20)15-23-21(16-7-3-2-4-8-16)17-11-13-19(22)14-12-17/h2-14,21,23H,15H2,1H3/t21-/m0/s1. The molecule has 0 fully saturated rings. The minimum absolute atomic E-state index is 0.0911. The summed E-state index contributed by atoms with van der Waals surface area (Å²) in [4.78, 5) is 0. The molecule has 0 heterocycles. The summed E-state index contributed by atoms with van der Waals surface area (Å²) in [6.45, 7) is 0.714.